The van der Waals surface area contributed by atoms with Gasteiger partial charge in [-0.3, -0.25) is 9.59 Å². The SMILES string of the molecule is O=C(Nc1cccc(Br)c1)[C@@H]1CCCN(C(=O)c2ccc(Cl)cc2)C1. The van der Waals surface area contributed by atoms with Crippen LogP contribution in [-0.4, -0.2) is 29.8 Å². The minimum absolute atomic E-state index is 0.0493. The van der Waals surface area contributed by atoms with E-state index in [0.717, 1.165) is 23.0 Å². The zero-order valence-corrected chi connectivity index (χ0v) is 15.9. The summed E-state index contributed by atoms with van der Waals surface area (Å²) in [4.78, 5) is 26.9. The van der Waals surface area contributed by atoms with Crippen LogP contribution in [0.5, 0.6) is 0 Å². The van der Waals surface area contributed by atoms with Gasteiger partial charge in [0.15, 0.2) is 0 Å². The highest BCUT2D eigenvalue weighted by molar-refractivity contribution is 9.10. The van der Waals surface area contributed by atoms with Gasteiger partial charge in [-0.2, -0.15) is 0 Å². The van der Waals surface area contributed by atoms with E-state index in [1.165, 1.54) is 0 Å². The number of carbonyl (C=O) groups excluding carboxylic acids is 2. The summed E-state index contributed by atoms with van der Waals surface area (Å²) in [5.74, 6) is -0.313. The Kier molecular flexibility index (Phi) is 5.76. The summed E-state index contributed by atoms with van der Waals surface area (Å²) in [5.41, 5.74) is 1.35. The number of likely N-dealkylation sites (tertiary alicyclic amines) is 1. The molecule has 0 bridgehead atoms. The maximum atomic E-state index is 12.6. The Morgan fingerprint density at radius 2 is 1.92 bits per heavy atom. The van der Waals surface area contributed by atoms with Gasteiger partial charge in [0, 0.05) is 33.8 Å². The van der Waals surface area contributed by atoms with Crippen LogP contribution >= 0.6 is 27.5 Å². The topological polar surface area (TPSA) is 49.4 Å². The van der Waals surface area contributed by atoms with Gasteiger partial charge in [-0.05, 0) is 55.3 Å². The maximum absolute atomic E-state index is 12.6. The second-order valence-corrected chi connectivity index (χ2v) is 7.45. The van der Waals surface area contributed by atoms with Gasteiger partial charge in [0.1, 0.15) is 0 Å². The number of rotatable bonds is 3. The predicted octanol–water partition coefficient (Wildman–Crippen LogP) is 4.59. The molecule has 1 N–H and O–H groups in total. The van der Waals surface area contributed by atoms with Gasteiger partial charge in [0.05, 0.1) is 5.92 Å². The molecule has 3 rings (SSSR count). The molecule has 2 amide bonds. The highest BCUT2D eigenvalue weighted by Gasteiger charge is 2.29. The van der Waals surface area contributed by atoms with Gasteiger partial charge in [-0.25, -0.2) is 0 Å². The molecule has 1 aliphatic rings. The van der Waals surface area contributed by atoms with Crippen molar-refractivity contribution in [2.45, 2.75) is 12.8 Å². The van der Waals surface area contributed by atoms with Crippen molar-refractivity contribution >= 4 is 45.0 Å². The summed E-state index contributed by atoms with van der Waals surface area (Å²) in [5, 5.41) is 3.53. The zero-order valence-electron chi connectivity index (χ0n) is 13.5. The van der Waals surface area contributed by atoms with Crippen LogP contribution in [0.3, 0.4) is 0 Å². The standard InChI is InChI=1S/C19H18BrClN2O2/c20-15-4-1-5-17(11-15)22-18(24)14-3-2-10-23(12-14)19(25)13-6-8-16(21)9-7-13/h1,4-9,11,14H,2-3,10,12H2,(H,22,24)/t14-/m1/s1. The second-order valence-electron chi connectivity index (χ2n) is 6.10. The van der Waals surface area contributed by atoms with Crippen LogP contribution in [0.25, 0.3) is 0 Å². The molecule has 1 fully saturated rings. The van der Waals surface area contributed by atoms with Crippen LogP contribution in [-0.2, 0) is 4.79 Å². The van der Waals surface area contributed by atoms with E-state index < -0.39 is 0 Å². The van der Waals surface area contributed by atoms with Crippen LogP contribution in [0.15, 0.2) is 53.0 Å². The normalized spacial score (nSPS) is 17.2. The second kappa shape index (κ2) is 8.02. The average Bonchev–Trinajstić information content (AvgIpc) is 2.62. The van der Waals surface area contributed by atoms with Crippen molar-refractivity contribution in [2.75, 3.05) is 18.4 Å². The first-order valence-corrected chi connectivity index (χ1v) is 9.31. The highest BCUT2D eigenvalue weighted by Crippen LogP contribution is 2.22. The minimum atomic E-state index is -0.205. The van der Waals surface area contributed by atoms with Crippen molar-refractivity contribution in [2.24, 2.45) is 5.92 Å². The van der Waals surface area contributed by atoms with Gasteiger partial charge < -0.3 is 10.2 Å². The molecule has 6 heteroatoms. The summed E-state index contributed by atoms with van der Waals surface area (Å²) in [6.45, 7) is 1.10. The van der Waals surface area contributed by atoms with E-state index in [0.29, 0.717) is 23.7 Å². The molecule has 0 saturated carbocycles. The molecule has 0 aliphatic carbocycles. The largest absolute Gasteiger partial charge is 0.338 e. The van der Waals surface area contributed by atoms with Gasteiger partial charge in [0.25, 0.3) is 5.91 Å². The summed E-state index contributed by atoms with van der Waals surface area (Å²) >= 11 is 9.27. The van der Waals surface area contributed by atoms with Crippen LogP contribution in [0, 0.1) is 5.92 Å². The zero-order chi connectivity index (χ0) is 17.8. The van der Waals surface area contributed by atoms with Gasteiger partial charge >= 0.3 is 0 Å². The fourth-order valence-electron chi connectivity index (χ4n) is 2.96. The van der Waals surface area contributed by atoms with Crippen LogP contribution in [0.4, 0.5) is 5.69 Å². The number of carbonyl (C=O) groups is 2. The molecule has 0 aromatic heterocycles. The number of nitrogens with zero attached hydrogens (tertiary/aromatic N) is 1. The van der Waals surface area contributed by atoms with E-state index >= 15 is 0 Å². The number of benzene rings is 2. The summed E-state index contributed by atoms with van der Waals surface area (Å²) < 4.78 is 0.911. The van der Waals surface area contributed by atoms with Crippen molar-refractivity contribution in [3.63, 3.8) is 0 Å². The number of piperidine rings is 1. The lowest BCUT2D eigenvalue weighted by Gasteiger charge is -2.32. The first kappa shape index (κ1) is 18.0. The highest BCUT2D eigenvalue weighted by atomic mass is 79.9. The van der Waals surface area contributed by atoms with E-state index in [-0.39, 0.29) is 17.7 Å². The lowest BCUT2D eigenvalue weighted by molar-refractivity contribution is -0.121. The fourth-order valence-corrected chi connectivity index (χ4v) is 3.49. The monoisotopic (exact) mass is 420 g/mol. The first-order chi connectivity index (χ1) is 12.0. The average molecular weight is 422 g/mol. The Hall–Kier alpha value is -1.85. The third-order valence-corrected chi connectivity index (χ3v) is 5.01. The maximum Gasteiger partial charge on any atom is 0.253 e. The summed E-state index contributed by atoms with van der Waals surface area (Å²) in [7, 11) is 0. The number of nitrogens with one attached hydrogen (secondary N) is 1. The van der Waals surface area contributed by atoms with Gasteiger partial charge in [-0.15, -0.1) is 0 Å². The molecular weight excluding hydrogens is 404 g/mol. The minimum Gasteiger partial charge on any atom is -0.338 e. The van der Waals surface area contributed by atoms with E-state index in [2.05, 4.69) is 21.2 Å². The Balaban J connectivity index is 1.65. The molecule has 25 heavy (non-hydrogen) atoms. The molecule has 0 unspecified atom stereocenters. The molecule has 4 nitrogen and oxygen atoms in total. The molecule has 1 aliphatic heterocycles. The van der Waals surface area contributed by atoms with E-state index in [4.69, 9.17) is 11.6 Å². The molecule has 1 heterocycles. The van der Waals surface area contributed by atoms with Gasteiger partial charge in [-0.1, -0.05) is 33.6 Å². The predicted molar refractivity (Wildman–Crippen MR) is 103 cm³/mol. The van der Waals surface area contributed by atoms with Crippen molar-refractivity contribution in [3.8, 4) is 0 Å². The molecule has 2 aromatic carbocycles. The molecule has 130 valence electrons. The molecule has 2 aromatic rings. The Labute approximate surface area is 160 Å². The third-order valence-electron chi connectivity index (χ3n) is 4.26. The number of hydrogen-bond donors (Lipinski definition) is 1. The quantitative estimate of drug-likeness (QED) is 0.788. The number of anilines is 1. The smallest absolute Gasteiger partial charge is 0.253 e. The fraction of sp³-hybridized carbons (Fsp3) is 0.263. The lowest BCUT2D eigenvalue weighted by Crippen LogP contribution is -2.43. The number of hydrogen-bond acceptors (Lipinski definition) is 2. The van der Waals surface area contributed by atoms with Crippen LogP contribution < -0.4 is 5.32 Å². The number of halogens is 2. The summed E-state index contributed by atoms with van der Waals surface area (Å²) in [6, 6.07) is 14.3. The Morgan fingerprint density at radius 1 is 1.16 bits per heavy atom. The third kappa shape index (κ3) is 4.61. The Bertz CT molecular complexity index is 779. The molecular formula is C19H18BrClN2O2. The van der Waals surface area contributed by atoms with Crippen molar-refractivity contribution in [3.05, 3.63) is 63.6 Å². The van der Waals surface area contributed by atoms with E-state index in [9.17, 15) is 9.59 Å². The number of amides is 2. The molecule has 0 spiro atoms. The Morgan fingerprint density at radius 3 is 2.64 bits per heavy atom. The van der Waals surface area contributed by atoms with E-state index in [1.807, 2.05) is 24.3 Å². The van der Waals surface area contributed by atoms with Crippen molar-refractivity contribution in [1.29, 1.82) is 0 Å². The summed E-state index contributed by atoms with van der Waals surface area (Å²) in [6.07, 6.45) is 1.60. The van der Waals surface area contributed by atoms with Gasteiger partial charge in [0.2, 0.25) is 5.91 Å². The van der Waals surface area contributed by atoms with E-state index in [1.54, 1.807) is 29.2 Å². The molecule has 0 radical (unpaired) electrons. The molecule has 1 saturated heterocycles. The first-order valence-electron chi connectivity index (χ1n) is 8.14. The van der Waals surface area contributed by atoms with Crippen LogP contribution in [0.2, 0.25) is 5.02 Å². The van der Waals surface area contributed by atoms with Crippen molar-refractivity contribution < 1.29 is 9.59 Å². The van der Waals surface area contributed by atoms with Crippen molar-refractivity contribution in [1.82, 2.24) is 4.90 Å². The van der Waals surface area contributed by atoms with Crippen LogP contribution in [0.1, 0.15) is 23.2 Å². The molecule has 1 atom stereocenters. The lowest BCUT2D eigenvalue weighted by atomic mass is 9.96.